The van der Waals surface area contributed by atoms with Gasteiger partial charge in [-0.05, 0) is 45.0 Å². The van der Waals surface area contributed by atoms with Crippen LogP contribution in [-0.2, 0) is 0 Å². The number of nitrogens with zero attached hydrogens (tertiary/aromatic N) is 1. The number of hydrogen-bond acceptors (Lipinski definition) is 4. The highest BCUT2D eigenvalue weighted by Gasteiger charge is 2.12. The summed E-state index contributed by atoms with van der Waals surface area (Å²) in [4.78, 5) is 5.81. The predicted molar refractivity (Wildman–Crippen MR) is 76.1 cm³/mol. The predicted octanol–water partition coefficient (Wildman–Crippen LogP) is 3.54. The van der Waals surface area contributed by atoms with Gasteiger partial charge in [0.05, 0.1) is 18.3 Å². The minimum Gasteiger partial charge on any atom is -0.494 e. The Labute approximate surface area is 112 Å². The van der Waals surface area contributed by atoms with Crippen LogP contribution in [0.25, 0.3) is 11.3 Å². The Kier molecular flexibility index (Phi) is 3.99. The van der Waals surface area contributed by atoms with Gasteiger partial charge in [-0.3, -0.25) is 0 Å². The Morgan fingerprint density at radius 3 is 2.50 bits per heavy atom. The van der Waals surface area contributed by atoms with E-state index < -0.39 is 0 Å². The highest BCUT2D eigenvalue weighted by molar-refractivity contribution is 7.12. The first kappa shape index (κ1) is 13.1. The third kappa shape index (κ3) is 2.71. The Balaban J connectivity index is 2.30. The summed E-state index contributed by atoms with van der Waals surface area (Å²) >= 11 is 1.66. The van der Waals surface area contributed by atoms with Crippen LogP contribution < -0.4 is 10.5 Å². The molecule has 2 aromatic rings. The monoisotopic (exact) mass is 262 g/mol. The number of nitrogens with two attached hydrogens (primary N) is 1. The van der Waals surface area contributed by atoms with Crippen molar-refractivity contribution in [3.63, 3.8) is 0 Å². The summed E-state index contributed by atoms with van der Waals surface area (Å²) in [5.41, 5.74) is 8.00. The van der Waals surface area contributed by atoms with Crippen LogP contribution in [0, 0.1) is 6.92 Å². The second-order valence-electron chi connectivity index (χ2n) is 4.20. The van der Waals surface area contributed by atoms with E-state index in [2.05, 4.69) is 11.9 Å². The van der Waals surface area contributed by atoms with Gasteiger partial charge in [0.2, 0.25) is 0 Å². The molecule has 2 rings (SSSR count). The van der Waals surface area contributed by atoms with Crippen molar-refractivity contribution in [1.29, 1.82) is 0 Å². The zero-order chi connectivity index (χ0) is 13.1. The SMILES string of the molecule is CCOc1ccc(-c2nc(C(C)N)sc2C)cc1. The molecule has 0 saturated heterocycles. The number of ether oxygens (including phenoxy) is 1. The highest BCUT2D eigenvalue weighted by atomic mass is 32.1. The lowest BCUT2D eigenvalue weighted by atomic mass is 10.1. The van der Waals surface area contributed by atoms with Gasteiger partial charge in [-0.15, -0.1) is 11.3 Å². The number of aryl methyl sites for hydroxylation is 1. The molecule has 0 aliphatic heterocycles. The molecule has 1 heterocycles. The normalized spacial score (nSPS) is 12.4. The fourth-order valence-electron chi connectivity index (χ4n) is 1.76. The third-order valence-corrected chi connectivity index (χ3v) is 3.81. The van der Waals surface area contributed by atoms with Gasteiger partial charge < -0.3 is 10.5 Å². The van der Waals surface area contributed by atoms with E-state index in [1.54, 1.807) is 11.3 Å². The molecule has 96 valence electrons. The zero-order valence-electron chi connectivity index (χ0n) is 10.9. The molecule has 1 unspecified atom stereocenters. The summed E-state index contributed by atoms with van der Waals surface area (Å²) in [5.74, 6) is 0.890. The van der Waals surface area contributed by atoms with E-state index in [0.717, 1.165) is 22.0 Å². The van der Waals surface area contributed by atoms with Crippen LogP contribution in [0.4, 0.5) is 0 Å². The number of benzene rings is 1. The quantitative estimate of drug-likeness (QED) is 0.916. The van der Waals surface area contributed by atoms with E-state index in [1.165, 1.54) is 4.88 Å². The Morgan fingerprint density at radius 1 is 1.33 bits per heavy atom. The minimum atomic E-state index is -0.00912. The van der Waals surface area contributed by atoms with E-state index in [-0.39, 0.29) is 6.04 Å². The van der Waals surface area contributed by atoms with Gasteiger partial charge in [-0.2, -0.15) is 0 Å². The average molecular weight is 262 g/mol. The van der Waals surface area contributed by atoms with Crippen LogP contribution >= 0.6 is 11.3 Å². The molecule has 0 amide bonds. The molecule has 0 aliphatic rings. The molecule has 18 heavy (non-hydrogen) atoms. The molecule has 1 atom stereocenters. The second-order valence-corrected chi connectivity index (χ2v) is 5.44. The van der Waals surface area contributed by atoms with Crippen molar-refractivity contribution in [2.24, 2.45) is 5.73 Å². The topological polar surface area (TPSA) is 48.1 Å². The van der Waals surface area contributed by atoms with Crippen molar-refractivity contribution >= 4 is 11.3 Å². The first-order valence-electron chi connectivity index (χ1n) is 6.08. The molecule has 1 aromatic carbocycles. The van der Waals surface area contributed by atoms with E-state index in [9.17, 15) is 0 Å². The minimum absolute atomic E-state index is 0.00912. The van der Waals surface area contributed by atoms with Crippen molar-refractivity contribution in [3.8, 4) is 17.0 Å². The molecule has 0 bridgehead atoms. The van der Waals surface area contributed by atoms with E-state index in [0.29, 0.717) is 6.61 Å². The fraction of sp³-hybridized carbons (Fsp3) is 0.357. The molecule has 0 aliphatic carbocycles. The zero-order valence-corrected chi connectivity index (χ0v) is 11.8. The molecule has 4 heteroatoms. The summed E-state index contributed by atoms with van der Waals surface area (Å²) < 4.78 is 5.43. The summed E-state index contributed by atoms with van der Waals surface area (Å²) in [6, 6.07) is 8.02. The maximum atomic E-state index is 5.87. The van der Waals surface area contributed by atoms with Crippen LogP contribution in [0.2, 0.25) is 0 Å². The molecular weight excluding hydrogens is 244 g/mol. The van der Waals surface area contributed by atoms with E-state index in [4.69, 9.17) is 10.5 Å². The standard InChI is InChI=1S/C14H18N2OS/c1-4-17-12-7-5-11(6-8-12)13-10(3)18-14(16-13)9(2)15/h5-9H,4,15H2,1-3H3. The Morgan fingerprint density at radius 2 is 2.00 bits per heavy atom. The third-order valence-electron chi connectivity index (χ3n) is 2.64. The highest BCUT2D eigenvalue weighted by Crippen LogP contribution is 2.30. The first-order valence-corrected chi connectivity index (χ1v) is 6.89. The molecular formula is C14H18N2OS. The summed E-state index contributed by atoms with van der Waals surface area (Å²) in [6.07, 6.45) is 0. The van der Waals surface area contributed by atoms with Crippen molar-refractivity contribution in [2.75, 3.05) is 6.61 Å². The summed E-state index contributed by atoms with van der Waals surface area (Å²) in [6.45, 7) is 6.70. The number of rotatable bonds is 4. The number of thiazole rings is 1. The maximum absolute atomic E-state index is 5.87. The molecule has 0 saturated carbocycles. The van der Waals surface area contributed by atoms with Crippen LogP contribution in [0.3, 0.4) is 0 Å². The second kappa shape index (κ2) is 5.50. The molecule has 2 N–H and O–H groups in total. The number of aromatic nitrogens is 1. The average Bonchev–Trinajstić information content (AvgIpc) is 2.73. The lowest BCUT2D eigenvalue weighted by Crippen LogP contribution is -2.03. The van der Waals surface area contributed by atoms with Crippen LogP contribution in [0.15, 0.2) is 24.3 Å². The van der Waals surface area contributed by atoms with Crippen molar-refractivity contribution < 1.29 is 4.74 Å². The first-order chi connectivity index (χ1) is 8.61. The van der Waals surface area contributed by atoms with Crippen molar-refractivity contribution in [2.45, 2.75) is 26.8 Å². The van der Waals surface area contributed by atoms with Gasteiger partial charge in [-0.25, -0.2) is 4.98 Å². The lowest BCUT2D eigenvalue weighted by Gasteiger charge is -2.04. The molecule has 1 aromatic heterocycles. The molecule has 3 nitrogen and oxygen atoms in total. The van der Waals surface area contributed by atoms with Gasteiger partial charge in [-0.1, -0.05) is 0 Å². The van der Waals surface area contributed by atoms with Gasteiger partial charge in [0.1, 0.15) is 10.8 Å². The molecule has 0 spiro atoms. The lowest BCUT2D eigenvalue weighted by molar-refractivity contribution is 0.340. The van der Waals surface area contributed by atoms with Crippen LogP contribution in [-0.4, -0.2) is 11.6 Å². The molecule has 0 radical (unpaired) electrons. The Bertz CT molecular complexity index is 517. The van der Waals surface area contributed by atoms with E-state index in [1.807, 2.05) is 38.1 Å². The van der Waals surface area contributed by atoms with Crippen molar-refractivity contribution in [3.05, 3.63) is 34.2 Å². The number of hydrogen-bond donors (Lipinski definition) is 1. The largest absolute Gasteiger partial charge is 0.494 e. The van der Waals surface area contributed by atoms with E-state index >= 15 is 0 Å². The maximum Gasteiger partial charge on any atom is 0.119 e. The smallest absolute Gasteiger partial charge is 0.119 e. The van der Waals surface area contributed by atoms with Crippen molar-refractivity contribution in [1.82, 2.24) is 4.98 Å². The van der Waals surface area contributed by atoms with Gasteiger partial charge in [0.15, 0.2) is 0 Å². The van der Waals surface area contributed by atoms with Gasteiger partial charge in [0, 0.05) is 10.4 Å². The van der Waals surface area contributed by atoms with Gasteiger partial charge in [0.25, 0.3) is 0 Å². The molecule has 0 fully saturated rings. The van der Waals surface area contributed by atoms with Gasteiger partial charge >= 0.3 is 0 Å². The van der Waals surface area contributed by atoms with Crippen LogP contribution in [0.5, 0.6) is 5.75 Å². The summed E-state index contributed by atoms with van der Waals surface area (Å²) in [7, 11) is 0. The fourth-order valence-corrected chi connectivity index (χ4v) is 2.65. The van der Waals surface area contributed by atoms with Crippen LogP contribution in [0.1, 0.15) is 29.8 Å². The Hall–Kier alpha value is -1.39. The summed E-state index contributed by atoms with van der Waals surface area (Å²) in [5, 5.41) is 0.983.